The van der Waals surface area contributed by atoms with Crippen molar-refractivity contribution < 1.29 is 9.59 Å². The van der Waals surface area contributed by atoms with Crippen LogP contribution in [-0.4, -0.2) is 18.4 Å². The summed E-state index contributed by atoms with van der Waals surface area (Å²) < 4.78 is 0. The van der Waals surface area contributed by atoms with E-state index in [9.17, 15) is 9.59 Å². The number of nitrogens with zero attached hydrogens (tertiary/aromatic N) is 1. The number of amides is 2. The van der Waals surface area contributed by atoms with Gasteiger partial charge in [0.25, 0.3) is 0 Å². The van der Waals surface area contributed by atoms with Crippen LogP contribution in [0.1, 0.15) is 36.8 Å². The second-order valence-corrected chi connectivity index (χ2v) is 7.99. The molecule has 25 heavy (non-hydrogen) atoms. The molecule has 132 valence electrons. The lowest BCUT2D eigenvalue weighted by Gasteiger charge is -2.27. The smallest absolute Gasteiger partial charge is 0.228 e. The van der Waals surface area contributed by atoms with Gasteiger partial charge in [-0.3, -0.25) is 9.59 Å². The van der Waals surface area contributed by atoms with Crippen molar-refractivity contribution in [2.24, 2.45) is 11.8 Å². The van der Waals surface area contributed by atoms with E-state index in [1.54, 1.807) is 16.2 Å². The van der Waals surface area contributed by atoms with Gasteiger partial charge in [-0.05, 0) is 36.4 Å². The van der Waals surface area contributed by atoms with Gasteiger partial charge in [0.15, 0.2) is 0 Å². The lowest BCUT2D eigenvalue weighted by atomic mass is 9.97. The molecule has 0 aliphatic carbocycles. The molecule has 1 aliphatic rings. The fourth-order valence-electron chi connectivity index (χ4n) is 3.20. The maximum Gasteiger partial charge on any atom is 0.228 e. The van der Waals surface area contributed by atoms with Crippen LogP contribution in [0.3, 0.4) is 0 Å². The summed E-state index contributed by atoms with van der Waals surface area (Å²) in [6.07, 6.45) is 0.250. The van der Waals surface area contributed by atoms with E-state index in [0.717, 1.165) is 16.1 Å². The maximum atomic E-state index is 12.8. The number of carbonyl (C=O) groups excluding carboxylic acids is 2. The molecule has 2 atom stereocenters. The molecule has 0 radical (unpaired) electrons. The number of hydrogen-bond acceptors (Lipinski definition) is 3. The van der Waals surface area contributed by atoms with E-state index in [4.69, 9.17) is 0 Å². The highest BCUT2D eigenvalue weighted by Gasteiger charge is 2.45. The second kappa shape index (κ2) is 7.40. The fourth-order valence-corrected chi connectivity index (χ4v) is 4.08. The Morgan fingerprint density at radius 1 is 1.28 bits per heavy atom. The number of thiophene rings is 1. The van der Waals surface area contributed by atoms with E-state index < -0.39 is 0 Å². The Kier molecular flexibility index (Phi) is 5.23. The Balaban J connectivity index is 1.93. The lowest BCUT2D eigenvalue weighted by molar-refractivity contribution is -0.126. The van der Waals surface area contributed by atoms with E-state index in [0.29, 0.717) is 12.5 Å². The van der Waals surface area contributed by atoms with Crippen LogP contribution >= 0.6 is 11.3 Å². The van der Waals surface area contributed by atoms with Gasteiger partial charge in [0.2, 0.25) is 11.8 Å². The van der Waals surface area contributed by atoms with Gasteiger partial charge in [0, 0.05) is 23.5 Å². The minimum atomic E-state index is -0.355. The zero-order valence-corrected chi connectivity index (χ0v) is 15.7. The molecular weight excluding hydrogens is 332 g/mol. The van der Waals surface area contributed by atoms with Crippen LogP contribution in [0, 0.1) is 18.8 Å². The molecular formula is C20H24N2O2S. The summed E-state index contributed by atoms with van der Waals surface area (Å²) in [5.74, 6) is 0.00246. The molecule has 1 aromatic heterocycles. The molecule has 2 aromatic rings. The van der Waals surface area contributed by atoms with Crippen LogP contribution in [-0.2, 0) is 9.59 Å². The monoisotopic (exact) mass is 356 g/mol. The Morgan fingerprint density at radius 2 is 2.00 bits per heavy atom. The molecule has 2 amide bonds. The molecule has 1 aromatic carbocycles. The van der Waals surface area contributed by atoms with Crippen molar-refractivity contribution in [3.05, 3.63) is 52.2 Å². The summed E-state index contributed by atoms with van der Waals surface area (Å²) >= 11 is 1.60. The minimum absolute atomic E-state index is 0.00644. The Morgan fingerprint density at radius 3 is 2.60 bits per heavy atom. The molecule has 1 aliphatic heterocycles. The van der Waals surface area contributed by atoms with Gasteiger partial charge < -0.3 is 10.2 Å². The van der Waals surface area contributed by atoms with Crippen molar-refractivity contribution in [3.8, 4) is 0 Å². The Hall–Kier alpha value is -2.14. The van der Waals surface area contributed by atoms with Crippen molar-refractivity contribution >= 4 is 28.8 Å². The Bertz CT molecular complexity index is 738. The zero-order chi connectivity index (χ0) is 18.0. The molecule has 1 N–H and O–H groups in total. The summed E-state index contributed by atoms with van der Waals surface area (Å²) in [6, 6.07) is 11.7. The molecule has 2 unspecified atom stereocenters. The third-order valence-corrected chi connectivity index (χ3v) is 5.43. The normalized spacial score (nSPS) is 20.3. The predicted molar refractivity (Wildman–Crippen MR) is 102 cm³/mol. The highest BCUT2D eigenvalue weighted by Crippen LogP contribution is 2.43. The first-order valence-electron chi connectivity index (χ1n) is 8.67. The topological polar surface area (TPSA) is 49.4 Å². The third kappa shape index (κ3) is 3.76. The molecule has 4 nitrogen and oxygen atoms in total. The fraction of sp³-hybridized carbons (Fsp3) is 0.400. The number of carbonyl (C=O) groups is 2. The van der Waals surface area contributed by atoms with E-state index in [-0.39, 0.29) is 30.2 Å². The van der Waals surface area contributed by atoms with Gasteiger partial charge in [-0.15, -0.1) is 11.3 Å². The summed E-state index contributed by atoms with van der Waals surface area (Å²) in [7, 11) is 0. The number of anilines is 1. The van der Waals surface area contributed by atoms with Crippen LogP contribution in [0.25, 0.3) is 0 Å². The Labute approximate surface area is 152 Å². The summed E-state index contributed by atoms with van der Waals surface area (Å²) in [4.78, 5) is 28.4. The quantitative estimate of drug-likeness (QED) is 0.883. The maximum absolute atomic E-state index is 12.8. The van der Waals surface area contributed by atoms with Crippen LogP contribution in [0.5, 0.6) is 0 Å². The van der Waals surface area contributed by atoms with E-state index >= 15 is 0 Å². The number of rotatable bonds is 5. The van der Waals surface area contributed by atoms with Crippen molar-refractivity contribution in [2.75, 3.05) is 11.4 Å². The average molecular weight is 356 g/mol. The van der Waals surface area contributed by atoms with E-state index in [1.807, 2.05) is 48.7 Å². The number of benzene rings is 1. The molecule has 0 spiro atoms. The molecule has 2 heterocycles. The SMILES string of the molecule is Cc1ccc(N2C(=O)CC(C(=O)NCC(C)C)C2c2cccs2)cc1. The molecule has 1 saturated heterocycles. The number of nitrogens with one attached hydrogen (secondary N) is 1. The van der Waals surface area contributed by atoms with E-state index in [2.05, 4.69) is 19.2 Å². The third-order valence-electron chi connectivity index (χ3n) is 4.49. The number of hydrogen-bond donors (Lipinski definition) is 1. The van der Waals surface area contributed by atoms with Crippen LogP contribution in [0.2, 0.25) is 0 Å². The van der Waals surface area contributed by atoms with Gasteiger partial charge in [-0.2, -0.15) is 0 Å². The minimum Gasteiger partial charge on any atom is -0.356 e. The van der Waals surface area contributed by atoms with Crippen molar-refractivity contribution in [2.45, 2.75) is 33.2 Å². The lowest BCUT2D eigenvalue weighted by Crippen LogP contribution is -2.36. The van der Waals surface area contributed by atoms with E-state index in [1.165, 1.54) is 0 Å². The molecule has 0 saturated carbocycles. The zero-order valence-electron chi connectivity index (χ0n) is 14.9. The van der Waals surface area contributed by atoms with Gasteiger partial charge in [-0.25, -0.2) is 0 Å². The summed E-state index contributed by atoms with van der Waals surface area (Å²) in [6.45, 7) is 6.78. The van der Waals surface area contributed by atoms with Crippen LogP contribution in [0.4, 0.5) is 5.69 Å². The number of aryl methyl sites for hydroxylation is 1. The summed E-state index contributed by atoms with van der Waals surface area (Å²) in [5, 5.41) is 5.00. The largest absolute Gasteiger partial charge is 0.356 e. The van der Waals surface area contributed by atoms with Gasteiger partial charge in [0.1, 0.15) is 0 Å². The molecule has 0 bridgehead atoms. The van der Waals surface area contributed by atoms with Crippen molar-refractivity contribution in [1.82, 2.24) is 5.32 Å². The van der Waals surface area contributed by atoms with Crippen LogP contribution < -0.4 is 10.2 Å². The second-order valence-electron chi connectivity index (χ2n) is 7.01. The average Bonchev–Trinajstić information content (AvgIpc) is 3.21. The predicted octanol–water partition coefficient (Wildman–Crippen LogP) is 3.92. The van der Waals surface area contributed by atoms with Crippen molar-refractivity contribution in [1.29, 1.82) is 0 Å². The van der Waals surface area contributed by atoms with Gasteiger partial charge >= 0.3 is 0 Å². The van der Waals surface area contributed by atoms with Crippen molar-refractivity contribution in [3.63, 3.8) is 0 Å². The standard InChI is InChI=1S/C20H24N2O2S/c1-13(2)12-21-20(24)16-11-18(23)22(15-8-6-14(3)7-9-15)19(16)17-5-4-10-25-17/h4-10,13,16,19H,11-12H2,1-3H3,(H,21,24). The molecule has 1 fully saturated rings. The molecule has 5 heteroatoms. The van der Waals surface area contributed by atoms with Gasteiger partial charge in [0.05, 0.1) is 12.0 Å². The molecule has 3 rings (SSSR count). The summed E-state index contributed by atoms with van der Waals surface area (Å²) in [5.41, 5.74) is 2.00. The van der Waals surface area contributed by atoms with Gasteiger partial charge in [-0.1, -0.05) is 37.6 Å². The highest BCUT2D eigenvalue weighted by atomic mass is 32.1. The first-order chi connectivity index (χ1) is 12.0. The first-order valence-corrected chi connectivity index (χ1v) is 9.55. The van der Waals surface area contributed by atoms with Crippen LogP contribution in [0.15, 0.2) is 41.8 Å². The first kappa shape index (κ1) is 17.7. The highest BCUT2D eigenvalue weighted by molar-refractivity contribution is 7.10.